The Balaban J connectivity index is 1.70. The van der Waals surface area contributed by atoms with Crippen LogP contribution >= 0.6 is 27.3 Å². The molecular formula is C16H11BrFN3OS. The molecule has 3 rings (SSSR count). The minimum absolute atomic E-state index is 0.0343. The van der Waals surface area contributed by atoms with Crippen molar-refractivity contribution in [2.75, 3.05) is 5.32 Å². The molecule has 1 aromatic heterocycles. The molecule has 0 aliphatic rings. The molecule has 0 aliphatic carbocycles. The monoisotopic (exact) mass is 391 g/mol. The lowest BCUT2D eigenvalue weighted by atomic mass is 10.2. The number of nitrogens with zero attached hydrogens (tertiary/aromatic N) is 2. The zero-order valence-corrected chi connectivity index (χ0v) is 14.2. The highest BCUT2D eigenvalue weighted by Gasteiger charge is 2.14. The quantitative estimate of drug-likeness (QED) is 0.721. The van der Waals surface area contributed by atoms with Crippen LogP contribution < -0.4 is 5.32 Å². The van der Waals surface area contributed by atoms with Gasteiger partial charge in [0.2, 0.25) is 5.13 Å². The molecule has 2 aromatic carbocycles. The maximum absolute atomic E-state index is 13.8. The third-order valence-electron chi connectivity index (χ3n) is 3.06. The first kappa shape index (κ1) is 15.8. The molecule has 23 heavy (non-hydrogen) atoms. The molecule has 1 N–H and O–H groups in total. The minimum atomic E-state index is -0.592. The van der Waals surface area contributed by atoms with Crippen LogP contribution in [0.5, 0.6) is 0 Å². The average Bonchev–Trinajstić information content (AvgIpc) is 2.95. The Bertz CT molecular complexity index is 838. The van der Waals surface area contributed by atoms with Crippen molar-refractivity contribution in [3.8, 4) is 0 Å². The second-order valence-corrected chi connectivity index (χ2v) is 6.72. The summed E-state index contributed by atoms with van der Waals surface area (Å²) in [6.45, 7) is 0. The van der Waals surface area contributed by atoms with Gasteiger partial charge in [0.25, 0.3) is 5.91 Å². The van der Waals surface area contributed by atoms with Crippen molar-refractivity contribution >= 4 is 38.3 Å². The van der Waals surface area contributed by atoms with Crippen molar-refractivity contribution in [3.05, 3.63) is 75.0 Å². The highest BCUT2D eigenvalue weighted by molar-refractivity contribution is 9.10. The van der Waals surface area contributed by atoms with Crippen molar-refractivity contribution in [1.82, 2.24) is 10.2 Å². The van der Waals surface area contributed by atoms with Gasteiger partial charge in [0.15, 0.2) is 0 Å². The zero-order valence-electron chi connectivity index (χ0n) is 11.8. The lowest BCUT2D eigenvalue weighted by molar-refractivity contribution is 0.102. The largest absolute Gasteiger partial charge is 0.296 e. The van der Waals surface area contributed by atoms with E-state index >= 15 is 0 Å². The van der Waals surface area contributed by atoms with Crippen LogP contribution in [-0.2, 0) is 6.42 Å². The predicted molar refractivity (Wildman–Crippen MR) is 91.2 cm³/mol. The van der Waals surface area contributed by atoms with Crippen LogP contribution in [0.2, 0.25) is 0 Å². The molecule has 0 spiro atoms. The highest BCUT2D eigenvalue weighted by Crippen LogP contribution is 2.21. The van der Waals surface area contributed by atoms with Gasteiger partial charge in [-0.15, -0.1) is 10.2 Å². The average molecular weight is 392 g/mol. The van der Waals surface area contributed by atoms with E-state index in [-0.39, 0.29) is 5.56 Å². The summed E-state index contributed by atoms with van der Waals surface area (Å²) in [5.74, 6) is -1.14. The fraction of sp³-hybridized carbons (Fsp3) is 0.0625. The number of carbonyl (C=O) groups excluding carboxylic acids is 1. The SMILES string of the molecule is O=C(Nc1nnc(Cc2ccccc2)s1)c1ccc(Br)cc1F. The van der Waals surface area contributed by atoms with Gasteiger partial charge >= 0.3 is 0 Å². The smallest absolute Gasteiger partial charge is 0.260 e. The molecule has 0 unspecified atom stereocenters. The van der Waals surface area contributed by atoms with E-state index < -0.39 is 11.7 Å². The number of rotatable bonds is 4. The summed E-state index contributed by atoms with van der Waals surface area (Å²) in [5, 5.41) is 11.7. The summed E-state index contributed by atoms with van der Waals surface area (Å²) >= 11 is 4.43. The van der Waals surface area contributed by atoms with E-state index in [9.17, 15) is 9.18 Å². The van der Waals surface area contributed by atoms with Gasteiger partial charge in [-0.3, -0.25) is 10.1 Å². The van der Waals surface area contributed by atoms with Gasteiger partial charge in [-0.25, -0.2) is 4.39 Å². The van der Waals surface area contributed by atoms with Gasteiger partial charge in [-0.1, -0.05) is 57.6 Å². The summed E-state index contributed by atoms with van der Waals surface area (Å²) in [7, 11) is 0. The van der Waals surface area contributed by atoms with Gasteiger partial charge in [0.05, 0.1) is 5.56 Å². The summed E-state index contributed by atoms with van der Waals surface area (Å²) in [4.78, 5) is 12.1. The topological polar surface area (TPSA) is 54.9 Å². The van der Waals surface area contributed by atoms with Gasteiger partial charge in [-0.05, 0) is 23.8 Å². The minimum Gasteiger partial charge on any atom is -0.296 e. The maximum atomic E-state index is 13.8. The maximum Gasteiger partial charge on any atom is 0.260 e. The number of nitrogens with one attached hydrogen (secondary N) is 1. The fourth-order valence-corrected chi connectivity index (χ4v) is 3.09. The summed E-state index contributed by atoms with van der Waals surface area (Å²) in [5.41, 5.74) is 1.08. The zero-order chi connectivity index (χ0) is 16.2. The van der Waals surface area contributed by atoms with Gasteiger partial charge in [0.1, 0.15) is 10.8 Å². The Morgan fingerprint density at radius 1 is 1.17 bits per heavy atom. The number of halogens is 2. The number of benzene rings is 2. The highest BCUT2D eigenvalue weighted by atomic mass is 79.9. The molecule has 0 atom stereocenters. The molecule has 0 aliphatic heterocycles. The summed E-state index contributed by atoms with van der Waals surface area (Å²) in [6, 6.07) is 14.1. The van der Waals surface area contributed by atoms with Crippen molar-refractivity contribution in [2.45, 2.75) is 6.42 Å². The van der Waals surface area contributed by atoms with Crippen molar-refractivity contribution in [1.29, 1.82) is 0 Å². The molecule has 7 heteroatoms. The van der Waals surface area contributed by atoms with Gasteiger partial charge in [-0.2, -0.15) is 0 Å². The molecule has 116 valence electrons. The van der Waals surface area contributed by atoms with Crippen molar-refractivity contribution in [3.63, 3.8) is 0 Å². The van der Waals surface area contributed by atoms with Gasteiger partial charge < -0.3 is 0 Å². The molecule has 0 fully saturated rings. The Morgan fingerprint density at radius 2 is 1.96 bits per heavy atom. The van der Waals surface area contributed by atoms with E-state index in [0.29, 0.717) is 16.0 Å². The molecule has 3 aromatic rings. The molecular weight excluding hydrogens is 381 g/mol. The molecule has 1 heterocycles. The van der Waals surface area contributed by atoms with E-state index in [1.165, 1.54) is 23.5 Å². The molecule has 4 nitrogen and oxygen atoms in total. The first-order valence-corrected chi connectivity index (χ1v) is 8.35. The van der Waals surface area contributed by atoms with Gasteiger partial charge in [0, 0.05) is 10.9 Å². The Kier molecular flexibility index (Phi) is 4.78. The van der Waals surface area contributed by atoms with E-state index in [4.69, 9.17) is 0 Å². The third-order valence-corrected chi connectivity index (χ3v) is 4.39. The molecule has 0 saturated carbocycles. The first-order valence-electron chi connectivity index (χ1n) is 6.74. The number of amides is 1. The molecule has 1 amide bonds. The number of hydrogen-bond donors (Lipinski definition) is 1. The lowest BCUT2D eigenvalue weighted by Crippen LogP contribution is -2.13. The predicted octanol–water partition coefficient (Wildman–Crippen LogP) is 4.28. The number of anilines is 1. The third kappa shape index (κ3) is 4.00. The lowest BCUT2D eigenvalue weighted by Gasteiger charge is -2.02. The van der Waals surface area contributed by atoms with Crippen LogP contribution in [0.15, 0.2) is 53.0 Å². The van der Waals surface area contributed by atoms with Crippen LogP contribution in [0.3, 0.4) is 0 Å². The van der Waals surface area contributed by atoms with Crippen LogP contribution in [0.4, 0.5) is 9.52 Å². The molecule has 0 radical (unpaired) electrons. The normalized spacial score (nSPS) is 10.5. The van der Waals surface area contributed by atoms with E-state index in [2.05, 4.69) is 31.4 Å². The van der Waals surface area contributed by atoms with Crippen molar-refractivity contribution < 1.29 is 9.18 Å². The first-order chi connectivity index (χ1) is 11.1. The Labute approximate surface area is 144 Å². The summed E-state index contributed by atoms with van der Waals surface area (Å²) < 4.78 is 14.3. The van der Waals surface area contributed by atoms with Crippen LogP contribution in [0.1, 0.15) is 20.9 Å². The van der Waals surface area contributed by atoms with Crippen LogP contribution in [0, 0.1) is 5.82 Å². The number of carbonyl (C=O) groups is 1. The second kappa shape index (κ2) is 6.97. The molecule has 0 bridgehead atoms. The Morgan fingerprint density at radius 3 is 2.70 bits per heavy atom. The summed E-state index contributed by atoms with van der Waals surface area (Å²) in [6.07, 6.45) is 0.640. The van der Waals surface area contributed by atoms with Crippen molar-refractivity contribution in [2.24, 2.45) is 0 Å². The second-order valence-electron chi connectivity index (χ2n) is 4.74. The van der Waals surface area contributed by atoms with E-state index in [0.717, 1.165) is 10.6 Å². The van der Waals surface area contributed by atoms with E-state index in [1.807, 2.05) is 30.3 Å². The van der Waals surface area contributed by atoms with E-state index in [1.54, 1.807) is 6.07 Å². The number of aromatic nitrogens is 2. The van der Waals surface area contributed by atoms with Crippen LogP contribution in [-0.4, -0.2) is 16.1 Å². The number of hydrogen-bond acceptors (Lipinski definition) is 4. The standard InChI is InChI=1S/C16H11BrFN3OS/c17-11-6-7-12(13(18)9-11)15(22)19-16-21-20-14(23-16)8-10-4-2-1-3-5-10/h1-7,9H,8H2,(H,19,21,22). The Hall–Kier alpha value is -2.12. The fourth-order valence-electron chi connectivity index (χ4n) is 1.98. The molecule has 0 saturated heterocycles. The van der Waals surface area contributed by atoms with Crippen LogP contribution in [0.25, 0.3) is 0 Å².